The second-order valence-corrected chi connectivity index (χ2v) is 6.04. The molecule has 0 aliphatic carbocycles. The van der Waals surface area contributed by atoms with Crippen LogP contribution in [0.15, 0.2) is 42.5 Å². The van der Waals surface area contributed by atoms with Crippen LogP contribution in [-0.4, -0.2) is 26.9 Å². The Hall–Kier alpha value is -1.90. The Morgan fingerprint density at radius 1 is 1.14 bits per heavy atom. The Kier molecular flexibility index (Phi) is 4.55. The summed E-state index contributed by atoms with van der Waals surface area (Å²) in [6.45, 7) is -0.405. The third-order valence-corrected chi connectivity index (χ3v) is 3.89. The maximum atomic E-state index is 13.1. The Morgan fingerprint density at radius 2 is 1.77 bits per heavy atom. The average molecular weight is 331 g/mol. The highest BCUT2D eigenvalue weighted by Gasteiger charge is 2.66. The monoisotopic (exact) mass is 331 g/mol. The van der Waals surface area contributed by atoms with E-state index in [1.54, 1.807) is 12.1 Å². The molecule has 2 aromatic rings. The number of benzene rings is 2. The van der Waals surface area contributed by atoms with Crippen LogP contribution in [0.4, 0.5) is 8.78 Å². The highest BCUT2D eigenvalue weighted by atomic mass is 32.3. The largest absolute Gasteiger partial charge is 0.574 e. The van der Waals surface area contributed by atoms with Crippen LogP contribution in [-0.2, 0) is 30.7 Å². The molecular formula is C14H13F2O5S+. The summed E-state index contributed by atoms with van der Waals surface area (Å²) in [6, 6.07) is 12.8. The van der Waals surface area contributed by atoms with Gasteiger partial charge in [-0.1, -0.05) is 42.5 Å². The summed E-state index contributed by atoms with van der Waals surface area (Å²) >= 11 is 0. The quantitative estimate of drug-likeness (QED) is 0.650. The summed E-state index contributed by atoms with van der Waals surface area (Å²) in [6.07, 6.45) is 0.154. The number of ether oxygens (including phenoxy) is 1. The van der Waals surface area contributed by atoms with Gasteiger partial charge in [0.2, 0.25) is 0 Å². The van der Waals surface area contributed by atoms with Crippen molar-refractivity contribution in [2.24, 2.45) is 0 Å². The van der Waals surface area contributed by atoms with Crippen molar-refractivity contribution < 1.29 is 31.6 Å². The maximum Gasteiger partial charge on any atom is 0.574 e. The molecule has 5 nitrogen and oxygen atoms in total. The summed E-state index contributed by atoms with van der Waals surface area (Å²) in [5.74, 6) is -2.23. The number of alkyl halides is 2. The molecule has 2 N–H and O–H groups in total. The van der Waals surface area contributed by atoms with Crippen molar-refractivity contribution in [1.82, 2.24) is 0 Å². The number of esters is 1. The fraction of sp³-hybridized carbons (Fsp3) is 0.214. The van der Waals surface area contributed by atoms with Crippen molar-refractivity contribution in [2.75, 3.05) is 6.61 Å². The van der Waals surface area contributed by atoms with E-state index in [0.29, 0.717) is 0 Å². The summed E-state index contributed by atoms with van der Waals surface area (Å²) in [5, 5.41) is -3.02. The van der Waals surface area contributed by atoms with Gasteiger partial charge in [0.15, 0.2) is 0 Å². The first-order valence-corrected chi connectivity index (χ1v) is 7.71. The van der Waals surface area contributed by atoms with Crippen molar-refractivity contribution in [1.29, 1.82) is 0 Å². The van der Waals surface area contributed by atoms with Crippen LogP contribution in [0.1, 0.15) is 5.56 Å². The Morgan fingerprint density at radius 3 is 2.45 bits per heavy atom. The molecule has 2 rings (SSSR count). The van der Waals surface area contributed by atoms with Crippen molar-refractivity contribution in [2.45, 2.75) is 11.7 Å². The molecule has 0 amide bonds. The molecule has 0 aliphatic rings. The summed E-state index contributed by atoms with van der Waals surface area (Å²) in [7, 11) is -5.59. The molecule has 0 aliphatic heterocycles. The zero-order valence-corrected chi connectivity index (χ0v) is 12.1. The van der Waals surface area contributed by atoms with Gasteiger partial charge in [0.25, 0.3) is 0 Å². The normalized spacial score (nSPS) is 12.4. The van der Waals surface area contributed by atoms with Gasteiger partial charge in [-0.2, -0.15) is 9.11 Å². The summed E-state index contributed by atoms with van der Waals surface area (Å²) < 4.78 is 57.7. The molecule has 0 saturated carbocycles. The first kappa shape index (κ1) is 16.5. The third-order valence-electron chi connectivity index (χ3n) is 3.06. The number of hydrogen-bond acceptors (Lipinski definition) is 3. The van der Waals surface area contributed by atoms with Gasteiger partial charge >= 0.3 is 21.7 Å². The molecule has 2 aromatic carbocycles. The van der Waals surface area contributed by atoms with E-state index in [1.165, 1.54) is 0 Å². The highest BCUT2D eigenvalue weighted by molar-refractivity contribution is 7.94. The van der Waals surface area contributed by atoms with Gasteiger partial charge in [0.05, 0.1) is 6.61 Å². The molecule has 0 heterocycles. The van der Waals surface area contributed by atoms with E-state index >= 15 is 0 Å². The molecule has 8 heteroatoms. The molecular weight excluding hydrogens is 318 g/mol. The van der Waals surface area contributed by atoms with Gasteiger partial charge in [0, 0.05) is 6.42 Å². The van der Waals surface area contributed by atoms with Gasteiger partial charge in [-0.3, -0.25) is 0 Å². The van der Waals surface area contributed by atoms with Crippen LogP contribution in [0.2, 0.25) is 0 Å². The molecule has 0 atom stereocenters. The van der Waals surface area contributed by atoms with Crippen molar-refractivity contribution in [3.05, 3.63) is 48.0 Å². The zero-order valence-electron chi connectivity index (χ0n) is 11.2. The number of halogens is 2. The molecule has 118 valence electrons. The van der Waals surface area contributed by atoms with E-state index in [4.69, 9.17) is 9.11 Å². The molecule has 0 unspecified atom stereocenters. The fourth-order valence-corrected chi connectivity index (χ4v) is 2.23. The van der Waals surface area contributed by atoms with E-state index in [-0.39, 0.29) is 6.42 Å². The van der Waals surface area contributed by atoms with Gasteiger partial charge in [0.1, 0.15) is 0 Å². The number of carbonyl (C=O) groups excluding carboxylic acids is 1. The first-order valence-electron chi connectivity index (χ1n) is 6.24. The summed E-state index contributed by atoms with van der Waals surface area (Å²) in [4.78, 5) is 11.1. The van der Waals surface area contributed by atoms with Crippen LogP contribution in [0.25, 0.3) is 10.8 Å². The van der Waals surface area contributed by atoms with Gasteiger partial charge in [-0.15, -0.1) is 8.78 Å². The smallest absolute Gasteiger partial charge is 0.457 e. The van der Waals surface area contributed by atoms with Crippen LogP contribution in [0.5, 0.6) is 0 Å². The molecule has 0 aromatic heterocycles. The Labute approximate surface area is 126 Å². The maximum absolute atomic E-state index is 13.1. The standard InChI is InChI=1S/C14H12F2O5S/c15-14(16,22(18,19)20)13(17)21-9-8-11-6-3-5-10-4-1-2-7-12(10)11/h1-7H,8-9H2,(H-,18,19,20)/p+1. The fourth-order valence-electron chi connectivity index (χ4n) is 1.96. The topological polar surface area (TPSA) is 83.8 Å². The minimum absolute atomic E-state index is 0.154. The second kappa shape index (κ2) is 6.07. The number of fused-ring (bicyclic) bond motifs is 1. The highest BCUT2D eigenvalue weighted by Crippen LogP contribution is 2.26. The van der Waals surface area contributed by atoms with E-state index in [1.807, 2.05) is 30.3 Å². The third kappa shape index (κ3) is 3.29. The molecule has 22 heavy (non-hydrogen) atoms. The van der Waals surface area contributed by atoms with Crippen LogP contribution in [0, 0.1) is 0 Å². The Bertz CT molecular complexity index is 736. The van der Waals surface area contributed by atoms with Crippen molar-refractivity contribution in [3.63, 3.8) is 0 Å². The van der Waals surface area contributed by atoms with Crippen LogP contribution < -0.4 is 0 Å². The predicted molar refractivity (Wildman–Crippen MR) is 76.9 cm³/mol. The van der Waals surface area contributed by atoms with Crippen molar-refractivity contribution >= 4 is 27.2 Å². The number of hydrogen-bond donors (Lipinski definition) is 2. The first-order chi connectivity index (χ1) is 10.2. The number of rotatable bonds is 5. The minimum Gasteiger partial charge on any atom is -0.457 e. The average Bonchev–Trinajstić information content (AvgIpc) is 2.46. The molecule has 0 fully saturated rings. The lowest BCUT2D eigenvalue weighted by atomic mass is 10.0. The van der Waals surface area contributed by atoms with Gasteiger partial charge in [-0.05, 0) is 20.5 Å². The lowest BCUT2D eigenvalue weighted by molar-refractivity contribution is -0.161. The minimum atomic E-state index is -5.59. The van der Waals surface area contributed by atoms with Gasteiger partial charge < -0.3 is 4.74 Å². The van der Waals surface area contributed by atoms with Crippen LogP contribution in [0.3, 0.4) is 0 Å². The lowest BCUT2D eigenvalue weighted by Gasteiger charge is -2.10. The van der Waals surface area contributed by atoms with E-state index < -0.39 is 28.3 Å². The van der Waals surface area contributed by atoms with Crippen LogP contribution >= 0.6 is 0 Å². The molecule has 0 saturated heterocycles. The van der Waals surface area contributed by atoms with E-state index in [9.17, 15) is 17.8 Å². The van der Waals surface area contributed by atoms with E-state index in [2.05, 4.69) is 4.74 Å². The van der Waals surface area contributed by atoms with Crippen molar-refractivity contribution in [3.8, 4) is 0 Å². The van der Waals surface area contributed by atoms with E-state index in [0.717, 1.165) is 16.3 Å². The molecule has 0 spiro atoms. The predicted octanol–water partition coefficient (Wildman–Crippen LogP) is 2.96. The molecule has 0 bridgehead atoms. The SMILES string of the molecule is O=C(OCCc1cccc2ccccc12)C(F)(F)[S+](=O)(O)O. The zero-order chi connectivity index (χ0) is 16.4. The lowest BCUT2D eigenvalue weighted by Crippen LogP contribution is -2.43. The number of carbonyl (C=O) groups is 1. The molecule has 0 radical (unpaired) electrons. The van der Waals surface area contributed by atoms with Gasteiger partial charge in [-0.25, -0.2) is 4.79 Å². The second-order valence-electron chi connectivity index (χ2n) is 4.54. The Balaban J connectivity index is 2.05. The summed E-state index contributed by atoms with van der Waals surface area (Å²) in [5.41, 5.74) is 0.781.